The Morgan fingerprint density at radius 2 is 1.95 bits per heavy atom. The van der Waals surface area contributed by atoms with E-state index in [-0.39, 0.29) is 10.7 Å². The maximum absolute atomic E-state index is 12.2. The molecule has 0 fully saturated rings. The van der Waals surface area contributed by atoms with Crippen LogP contribution in [-0.4, -0.2) is 20.1 Å². The highest BCUT2D eigenvalue weighted by atomic mass is 32.2. The van der Waals surface area contributed by atoms with Gasteiger partial charge >= 0.3 is 0 Å². The summed E-state index contributed by atoms with van der Waals surface area (Å²) in [7, 11) is -3.65. The van der Waals surface area contributed by atoms with Gasteiger partial charge in [0.05, 0.1) is 4.90 Å². The van der Waals surface area contributed by atoms with Crippen LogP contribution in [0.4, 0.5) is 11.5 Å². The molecule has 1 aromatic heterocycles. The summed E-state index contributed by atoms with van der Waals surface area (Å²) in [5.41, 5.74) is 0.900. The molecular weight excluding hydrogens is 302 g/mol. The second-order valence-electron chi connectivity index (χ2n) is 5.35. The topological polar surface area (TPSA) is 84.2 Å². The monoisotopic (exact) mass is 323 g/mol. The number of aromatic nitrogens is 1. The van der Waals surface area contributed by atoms with Crippen LogP contribution in [-0.2, 0) is 10.0 Å². The second-order valence-corrected chi connectivity index (χ2v) is 7.03. The molecule has 0 aliphatic heterocycles. The van der Waals surface area contributed by atoms with Crippen LogP contribution in [0.25, 0.3) is 0 Å². The predicted molar refractivity (Wildman–Crippen MR) is 86.4 cm³/mol. The number of rotatable bonds is 7. The Morgan fingerprint density at radius 3 is 2.50 bits per heavy atom. The summed E-state index contributed by atoms with van der Waals surface area (Å²) in [6.45, 7) is 6.86. The van der Waals surface area contributed by atoms with E-state index in [4.69, 9.17) is 4.52 Å². The number of aryl methyl sites for hydroxylation is 1. The Balaban J connectivity index is 2.05. The van der Waals surface area contributed by atoms with Crippen LogP contribution in [0.3, 0.4) is 0 Å². The number of anilines is 2. The SMILES string of the molecule is CCC(C)CNc1ccc(S(=O)(=O)Nc2cc(C)on2)cc1. The molecule has 0 saturated heterocycles. The van der Waals surface area contributed by atoms with Gasteiger partial charge in [-0.25, -0.2) is 8.42 Å². The third kappa shape index (κ3) is 4.24. The Labute approximate surface area is 131 Å². The molecule has 1 unspecified atom stereocenters. The van der Waals surface area contributed by atoms with Crippen molar-refractivity contribution in [2.75, 3.05) is 16.6 Å². The van der Waals surface area contributed by atoms with Crippen LogP contribution < -0.4 is 10.0 Å². The summed E-state index contributed by atoms with van der Waals surface area (Å²) in [5, 5.41) is 6.91. The zero-order valence-electron chi connectivity index (χ0n) is 13.0. The van der Waals surface area contributed by atoms with Gasteiger partial charge in [-0.1, -0.05) is 25.4 Å². The van der Waals surface area contributed by atoms with E-state index >= 15 is 0 Å². The molecule has 22 heavy (non-hydrogen) atoms. The zero-order valence-corrected chi connectivity index (χ0v) is 13.8. The van der Waals surface area contributed by atoms with E-state index in [1.807, 2.05) is 0 Å². The third-order valence-corrected chi connectivity index (χ3v) is 4.75. The number of nitrogens with zero attached hydrogens (tertiary/aromatic N) is 1. The van der Waals surface area contributed by atoms with Crippen molar-refractivity contribution < 1.29 is 12.9 Å². The molecule has 1 aromatic carbocycles. The summed E-state index contributed by atoms with van der Waals surface area (Å²) in [5.74, 6) is 1.29. The normalized spacial score (nSPS) is 12.9. The Morgan fingerprint density at radius 1 is 1.27 bits per heavy atom. The van der Waals surface area contributed by atoms with Crippen LogP contribution in [0, 0.1) is 12.8 Å². The van der Waals surface area contributed by atoms with Crippen LogP contribution in [0.15, 0.2) is 39.8 Å². The van der Waals surface area contributed by atoms with E-state index in [1.54, 1.807) is 31.2 Å². The summed E-state index contributed by atoms with van der Waals surface area (Å²) in [6.07, 6.45) is 1.10. The molecule has 1 atom stereocenters. The second kappa shape index (κ2) is 6.83. The van der Waals surface area contributed by atoms with E-state index in [1.165, 1.54) is 6.07 Å². The van der Waals surface area contributed by atoms with Crippen LogP contribution >= 0.6 is 0 Å². The first-order valence-electron chi connectivity index (χ1n) is 7.21. The lowest BCUT2D eigenvalue weighted by atomic mass is 10.1. The third-order valence-electron chi connectivity index (χ3n) is 3.38. The standard InChI is InChI=1S/C15H21N3O3S/c1-4-11(2)10-16-13-5-7-14(8-6-13)22(19,20)18-15-9-12(3)21-17-15/h5-9,11,16H,4,10H2,1-3H3,(H,17,18). The Bertz CT molecular complexity index is 708. The largest absolute Gasteiger partial charge is 0.385 e. The van der Waals surface area contributed by atoms with Crippen molar-refractivity contribution in [3.63, 3.8) is 0 Å². The van der Waals surface area contributed by atoms with Gasteiger partial charge in [0.1, 0.15) is 5.76 Å². The smallest absolute Gasteiger partial charge is 0.263 e. The number of nitrogens with one attached hydrogen (secondary N) is 2. The highest BCUT2D eigenvalue weighted by Gasteiger charge is 2.16. The minimum absolute atomic E-state index is 0.177. The van der Waals surface area contributed by atoms with Crippen LogP contribution in [0.1, 0.15) is 26.0 Å². The maximum atomic E-state index is 12.2. The minimum atomic E-state index is -3.65. The van der Waals surface area contributed by atoms with Crippen molar-refractivity contribution in [2.45, 2.75) is 32.1 Å². The molecular formula is C15H21N3O3S. The summed E-state index contributed by atoms with van der Waals surface area (Å²) >= 11 is 0. The van der Waals surface area contributed by atoms with Crippen molar-refractivity contribution in [3.05, 3.63) is 36.1 Å². The molecule has 2 rings (SSSR count). The molecule has 7 heteroatoms. The number of hydrogen-bond acceptors (Lipinski definition) is 5. The molecule has 120 valence electrons. The van der Waals surface area contributed by atoms with Crippen molar-refractivity contribution in [1.29, 1.82) is 0 Å². The van der Waals surface area contributed by atoms with Gasteiger partial charge < -0.3 is 9.84 Å². The maximum Gasteiger partial charge on any atom is 0.263 e. The summed E-state index contributed by atoms with van der Waals surface area (Å²) in [6, 6.07) is 8.16. The van der Waals surface area contributed by atoms with E-state index in [0.29, 0.717) is 11.7 Å². The molecule has 0 radical (unpaired) electrons. The molecule has 0 aliphatic rings. The van der Waals surface area contributed by atoms with Gasteiger partial charge in [0.2, 0.25) is 0 Å². The molecule has 0 amide bonds. The minimum Gasteiger partial charge on any atom is -0.385 e. The average molecular weight is 323 g/mol. The molecule has 1 heterocycles. The van der Waals surface area contributed by atoms with Gasteiger partial charge in [0.15, 0.2) is 5.82 Å². The Hall–Kier alpha value is -2.02. The van der Waals surface area contributed by atoms with Gasteiger partial charge in [0.25, 0.3) is 10.0 Å². The van der Waals surface area contributed by atoms with Crippen molar-refractivity contribution in [3.8, 4) is 0 Å². The first-order chi connectivity index (χ1) is 10.4. The number of benzene rings is 1. The molecule has 0 bridgehead atoms. The van der Waals surface area contributed by atoms with Crippen molar-refractivity contribution in [1.82, 2.24) is 5.16 Å². The first kappa shape index (κ1) is 16.4. The number of sulfonamides is 1. The molecule has 0 aliphatic carbocycles. The fraction of sp³-hybridized carbons (Fsp3) is 0.400. The fourth-order valence-electron chi connectivity index (χ4n) is 1.80. The molecule has 0 saturated carbocycles. The van der Waals surface area contributed by atoms with Gasteiger partial charge in [-0.05, 0) is 37.1 Å². The van der Waals surface area contributed by atoms with E-state index in [2.05, 4.69) is 29.0 Å². The molecule has 6 nitrogen and oxygen atoms in total. The van der Waals surface area contributed by atoms with Gasteiger partial charge in [0, 0.05) is 18.3 Å². The lowest BCUT2D eigenvalue weighted by molar-refractivity contribution is 0.400. The first-order valence-corrected chi connectivity index (χ1v) is 8.69. The Kier molecular flexibility index (Phi) is 5.07. The van der Waals surface area contributed by atoms with E-state index in [9.17, 15) is 8.42 Å². The quantitative estimate of drug-likeness (QED) is 0.817. The highest BCUT2D eigenvalue weighted by molar-refractivity contribution is 7.92. The summed E-state index contributed by atoms with van der Waals surface area (Å²) in [4.78, 5) is 0.183. The molecule has 2 N–H and O–H groups in total. The van der Waals surface area contributed by atoms with Gasteiger partial charge in [-0.15, -0.1) is 0 Å². The van der Waals surface area contributed by atoms with Crippen molar-refractivity contribution in [2.24, 2.45) is 5.92 Å². The van der Waals surface area contributed by atoms with E-state index in [0.717, 1.165) is 18.7 Å². The van der Waals surface area contributed by atoms with Crippen LogP contribution in [0.2, 0.25) is 0 Å². The predicted octanol–water partition coefficient (Wildman–Crippen LogP) is 3.24. The van der Waals surface area contributed by atoms with Gasteiger partial charge in [-0.2, -0.15) is 0 Å². The lowest BCUT2D eigenvalue weighted by Gasteiger charge is -2.12. The number of hydrogen-bond donors (Lipinski definition) is 2. The molecule has 0 spiro atoms. The fourth-order valence-corrected chi connectivity index (χ4v) is 2.78. The zero-order chi connectivity index (χ0) is 16.2. The van der Waals surface area contributed by atoms with E-state index < -0.39 is 10.0 Å². The van der Waals surface area contributed by atoms with Gasteiger partial charge in [-0.3, -0.25) is 4.72 Å². The average Bonchev–Trinajstić information content (AvgIpc) is 2.89. The van der Waals surface area contributed by atoms with Crippen molar-refractivity contribution >= 4 is 21.5 Å². The van der Waals surface area contributed by atoms with Crippen LogP contribution in [0.5, 0.6) is 0 Å². The summed E-state index contributed by atoms with van der Waals surface area (Å²) < 4.78 is 31.7. The molecule has 2 aromatic rings. The highest BCUT2D eigenvalue weighted by Crippen LogP contribution is 2.18. The lowest BCUT2D eigenvalue weighted by Crippen LogP contribution is -2.13.